The highest BCUT2D eigenvalue weighted by atomic mass is 16.3. The first-order valence-electron chi connectivity index (χ1n) is 8.17. The largest absolute Gasteiger partial charge is 0.508 e. The fourth-order valence-corrected chi connectivity index (χ4v) is 3.14. The topological polar surface area (TPSA) is 133 Å². The van der Waals surface area contributed by atoms with E-state index in [2.05, 4.69) is 0 Å². The molecule has 0 atom stereocenters. The van der Waals surface area contributed by atoms with E-state index in [9.17, 15) is 15.3 Å². The Morgan fingerprint density at radius 2 is 1.44 bits per heavy atom. The van der Waals surface area contributed by atoms with E-state index in [0.717, 1.165) is 0 Å². The van der Waals surface area contributed by atoms with Crippen molar-refractivity contribution in [2.24, 2.45) is 0 Å². The molecule has 2 rings (SSSR count). The van der Waals surface area contributed by atoms with E-state index in [1.165, 1.54) is 0 Å². The maximum Gasteiger partial charge on any atom is 0.123 e. The Bertz CT molecular complexity index is 773. The van der Waals surface area contributed by atoms with E-state index in [4.69, 9.17) is 16.6 Å². The van der Waals surface area contributed by atoms with Gasteiger partial charge in [-0.3, -0.25) is 0 Å². The zero-order valence-corrected chi connectivity index (χ0v) is 14.6. The third kappa shape index (κ3) is 3.65. The van der Waals surface area contributed by atoms with Crippen LogP contribution in [-0.2, 0) is 18.3 Å². The van der Waals surface area contributed by atoms with Gasteiger partial charge in [0.1, 0.15) is 11.5 Å². The summed E-state index contributed by atoms with van der Waals surface area (Å²) in [4.78, 5) is 0. The van der Waals surface area contributed by atoms with Gasteiger partial charge in [0.2, 0.25) is 0 Å². The van der Waals surface area contributed by atoms with E-state index in [1.807, 2.05) is 13.8 Å². The first-order chi connectivity index (χ1) is 11.7. The van der Waals surface area contributed by atoms with Gasteiger partial charge >= 0.3 is 0 Å². The Hall–Kier alpha value is -2.44. The van der Waals surface area contributed by atoms with Crippen LogP contribution in [0.4, 0.5) is 11.4 Å². The van der Waals surface area contributed by atoms with Crippen molar-refractivity contribution in [2.45, 2.75) is 32.1 Å². The molecule has 0 bridgehead atoms. The van der Waals surface area contributed by atoms with E-state index in [1.54, 1.807) is 24.3 Å². The van der Waals surface area contributed by atoms with Crippen molar-refractivity contribution in [1.29, 1.82) is 0 Å². The molecular formula is C19H26N2O4. The Morgan fingerprint density at radius 1 is 0.840 bits per heavy atom. The van der Waals surface area contributed by atoms with Crippen molar-refractivity contribution in [3.05, 3.63) is 46.5 Å². The predicted octanol–water partition coefficient (Wildman–Crippen LogP) is 1.66. The highest BCUT2D eigenvalue weighted by Gasteiger charge is 2.31. The van der Waals surface area contributed by atoms with Gasteiger partial charge in [-0.2, -0.15) is 0 Å². The zero-order valence-electron chi connectivity index (χ0n) is 14.6. The van der Waals surface area contributed by atoms with Gasteiger partial charge in [-0.15, -0.1) is 0 Å². The second-order valence-electron chi connectivity index (χ2n) is 6.72. The zero-order chi connectivity index (χ0) is 18.8. The molecule has 2 aromatic rings. The van der Waals surface area contributed by atoms with Crippen molar-refractivity contribution < 1.29 is 20.4 Å². The van der Waals surface area contributed by atoms with Crippen LogP contribution < -0.4 is 11.5 Å². The molecule has 0 unspecified atom stereocenters. The summed E-state index contributed by atoms with van der Waals surface area (Å²) in [6.07, 6.45) is 0.633. The lowest BCUT2D eigenvalue weighted by Crippen LogP contribution is -2.21. The van der Waals surface area contributed by atoms with Crippen LogP contribution in [0.1, 0.15) is 36.1 Å². The van der Waals surface area contributed by atoms with E-state index >= 15 is 0 Å². The van der Waals surface area contributed by atoms with E-state index in [-0.39, 0.29) is 31.1 Å². The molecule has 0 heterocycles. The van der Waals surface area contributed by atoms with Gasteiger partial charge in [0.25, 0.3) is 0 Å². The van der Waals surface area contributed by atoms with Gasteiger partial charge in [-0.25, -0.2) is 0 Å². The molecule has 8 N–H and O–H groups in total. The third-order valence-electron chi connectivity index (χ3n) is 4.58. The molecule has 0 aromatic heterocycles. The van der Waals surface area contributed by atoms with Crippen molar-refractivity contribution in [2.75, 3.05) is 24.7 Å². The summed E-state index contributed by atoms with van der Waals surface area (Å²) < 4.78 is 0. The fourth-order valence-electron chi connectivity index (χ4n) is 3.14. The molecule has 0 amide bonds. The number of nitrogens with two attached hydrogens (primary N) is 2. The summed E-state index contributed by atoms with van der Waals surface area (Å²) in [5.74, 6) is 0.0823. The summed E-state index contributed by atoms with van der Waals surface area (Å²) in [6.45, 7) is 3.53. The molecule has 0 aliphatic carbocycles. The SMILES string of the molecule is CC(C)(c1cc(N)c(CCO)cc1O)c1cc(N)cc(CCO)c1O. The molecule has 0 spiro atoms. The number of aromatic hydroxyl groups is 2. The predicted molar refractivity (Wildman–Crippen MR) is 98.7 cm³/mol. The van der Waals surface area contributed by atoms with Crippen molar-refractivity contribution in [3.63, 3.8) is 0 Å². The summed E-state index contributed by atoms with van der Waals surface area (Å²) in [5, 5.41) is 39.4. The van der Waals surface area contributed by atoms with Gasteiger partial charge in [-0.1, -0.05) is 13.8 Å². The second kappa shape index (κ2) is 7.21. The molecule has 0 radical (unpaired) electrons. The van der Waals surface area contributed by atoms with Crippen LogP contribution in [0.3, 0.4) is 0 Å². The Balaban J connectivity index is 2.61. The lowest BCUT2D eigenvalue weighted by atomic mass is 9.75. The Labute approximate surface area is 147 Å². The molecule has 2 aromatic carbocycles. The molecule has 25 heavy (non-hydrogen) atoms. The normalized spacial score (nSPS) is 11.7. The molecule has 0 fully saturated rings. The maximum absolute atomic E-state index is 10.6. The van der Waals surface area contributed by atoms with Gasteiger partial charge in [0.15, 0.2) is 0 Å². The molecular weight excluding hydrogens is 320 g/mol. The summed E-state index contributed by atoms with van der Waals surface area (Å²) in [7, 11) is 0. The number of anilines is 2. The summed E-state index contributed by atoms with van der Waals surface area (Å²) in [6, 6.07) is 6.49. The number of benzene rings is 2. The molecule has 6 nitrogen and oxygen atoms in total. The number of hydrogen-bond donors (Lipinski definition) is 6. The highest BCUT2D eigenvalue weighted by Crippen LogP contribution is 2.44. The van der Waals surface area contributed by atoms with Crippen LogP contribution >= 0.6 is 0 Å². The van der Waals surface area contributed by atoms with Crippen molar-refractivity contribution >= 4 is 11.4 Å². The number of phenols is 2. The maximum atomic E-state index is 10.6. The van der Waals surface area contributed by atoms with Gasteiger partial charge < -0.3 is 31.9 Å². The van der Waals surface area contributed by atoms with Gasteiger partial charge in [0, 0.05) is 41.1 Å². The lowest BCUT2D eigenvalue weighted by molar-refractivity contribution is 0.297. The molecule has 0 saturated carbocycles. The minimum atomic E-state index is -0.778. The van der Waals surface area contributed by atoms with Gasteiger partial charge in [-0.05, 0) is 48.2 Å². The standard InChI is InChI=1S/C19H26N2O4/c1-19(2,14-10-16(21)11(3-5-22)8-17(14)24)15-9-13(20)7-12(4-6-23)18(15)25/h7-10,22-25H,3-6,20-21H2,1-2H3. The van der Waals surface area contributed by atoms with E-state index < -0.39 is 5.41 Å². The van der Waals surface area contributed by atoms with E-state index in [0.29, 0.717) is 40.0 Å². The third-order valence-corrected chi connectivity index (χ3v) is 4.58. The quantitative estimate of drug-likeness (QED) is 0.348. The minimum Gasteiger partial charge on any atom is -0.508 e. The smallest absolute Gasteiger partial charge is 0.123 e. The average molecular weight is 346 g/mol. The molecule has 136 valence electrons. The molecule has 0 aliphatic rings. The summed E-state index contributed by atoms with van der Waals surface area (Å²) >= 11 is 0. The Kier molecular flexibility index (Phi) is 5.45. The van der Waals surface area contributed by atoms with Crippen molar-refractivity contribution in [3.8, 4) is 11.5 Å². The number of phenolic OH excluding ortho intramolecular Hbond substituents is 2. The van der Waals surface area contributed by atoms with Crippen molar-refractivity contribution in [1.82, 2.24) is 0 Å². The number of hydrogen-bond acceptors (Lipinski definition) is 6. The summed E-state index contributed by atoms with van der Waals surface area (Å²) in [5.41, 5.74) is 14.5. The number of rotatable bonds is 6. The Morgan fingerprint density at radius 3 is 2.04 bits per heavy atom. The second-order valence-corrected chi connectivity index (χ2v) is 6.72. The van der Waals surface area contributed by atoms with Crippen LogP contribution in [0.25, 0.3) is 0 Å². The first kappa shape index (κ1) is 18.9. The van der Waals surface area contributed by atoms with Crippen LogP contribution in [-0.4, -0.2) is 33.6 Å². The average Bonchev–Trinajstić information content (AvgIpc) is 2.54. The minimum absolute atomic E-state index is 0.0354. The first-order valence-corrected chi connectivity index (χ1v) is 8.17. The molecule has 6 heteroatoms. The van der Waals surface area contributed by atoms with Gasteiger partial charge in [0.05, 0.1) is 0 Å². The highest BCUT2D eigenvalue weighted by molar-refractivity contribution is 5.62. The molecule has 0 aliphatic heterocycles. The number of nitrogen functional groups attached to an aromatic ring is 2. The monoisotopic (exact) mass is 346 g/mol. The molecule has 0 saturated heterocycles. The lowest BCUT2D eigenvalue weighted by Gasteiger charge is -2.29. The van der Waals surface area contributed by atoms with Crippen LogP contribution in [0.5, 0.6) is 11.5 Å². The van der Waals surface area contributed by atoms with Crippen LogP contribution in [0, 0.1) is 0 Å². The number of aliphatic hydroxyl groups is 2. The fraction of sp³-hybridized carbons (Fsp3) is 0.368. The van der Waals surface area contributed by atoms with Crippen LogP contribution in [0.2, 0.25) is 0 Å². The van der Waals surface area contributed by atoms with Crippen LogP contribution in [0.15, 0.2) is 24.3 Å². The number of aliphatic hydroxyl groups excluding tert-OH is 2.